The molecule has 0 unspecified atom stereocenters. The Bertz CT molecular complexity index is 571. The smallest absolute Gasteiger partial charge is 0.146 e. The first-order chi connectivity index (χ1) is 10.2. The van der Waals surface area contributed by atoms with Gasteiger partial charge in [-0.25, -0.2) is 9.97 Å². The topological polar surface area (TPSA) is 76.5 Å². The van der Waals surface area contributed by atoms with Crippen LogP contribution >= 0.6 is 27.7 Å². The Balaban J connectivity index is 0.000000491. The number of thioether (sulfide) groups is 1. The van der Waals surface area contributed by atoms with Gasteiger partial charge in [-0.2, -0.15) is 22.0 Å². The second kappa shape index (κ2) is 10.1. The molecule has 0 amide bonds. The van der Waals surface area contributed by atoms with Crippen LogP contribution in [-0.4, -0.2) is 23.4 Å². The number of anilines is 1. The number of hydrogen-bond acceptors (Lipinski definition) is 6. The molecule has 0 saturated carbocycles. The highest BCUT2D eigenvalue weighted by molar-refractivity contribution is 9.10. The molecule has 1 aromatic heterocycles. The summed E-state index contributed by atoms with van der Waals surface area (Å²) in [6, 6.07) is 10.3. The van der Waals surface area contributed by atoms with Crippen molar-refractivity contribution in [2.75, 3.05) is 5.73 Å². The summed E-state index contributed by atoms with van der Waals surface area (Å²) in [5, 5.41) is 6.00. The van der Waals surface area contributed by atoms with Gasteiger partial charge >= 0.3 is 0 Å². The second-order valence-electron chi connectivity index (χ2n) is 3.79. The van der Waals surface area contributed by atoms with E-state index in [1.54, 1.807) is 18.0 Å². The molecule has 1 aromatic carbocycles. The van der Waals surface area contributed by atoms with Gasteiger partial charge in [0.2, 0.25) is 0 Å². The van der Waals surface area contributed by atoms with Crippen molar-refractivity contribution >= 4 is 46.9 Å². The first-order valence-electron chi connectivity index (χ1n) is 5.97. The van der Waals surface area contributed by atoms with Crippen LogP contribution in [0.4, 0.5) is 5.82 Å². The number of rotatable bonds is 5. The Morgan fingerprint density at radius 3 is 2.43 bits per heavy atom. The predicted octanol–water partition coefficient (Wildman–Crippen LogP) is 3.56. The molecule has 1 heterocycles. The maximum atomic E-state index is 5.76. The molecular formula is C14H16BrN5S. The molecule has 0 fully saturated rings. The third-order valence-electron chi connectivity index (χ3n) is 2.30. The van der Waals surface area contributed by atoms with Crippen LogP contribution < -0.4 is 5.73 Å². The minimum atomic E-state index is 0.508. The molecule has 0 spiro atoms. The van der Waals surface area contributed by atoms with Gasteiger partial charge in [-0.05, 0) is 21.5 Å². The second-order valence-corrected chi connectivity index (χ2v) is 5.58. The number of aromatic nitrogens is 2. The highest BCUT2D eigenvalue weighted by atomic mass is 79.9. The van der Waals surface area contributed by atoms with Gasteiger partial charge in [0.15, 0.2) is 0 Å². The van der Waals surface area contributed by atoms with Gasteiger partial charge in [0.1, 0.15) is 10.4 Å². The van der Waals surface area contributed by atoms with E-state index in [-0.39, 0.29) is 0 Å². The van der Waals surface area contributed by atoms with E-state index >= 15 is 0 Å². The molecule has 0 bridgehead atoms. The minimum Gasteiger partial charge on any atom is -0.382 e. The Morgan fingerprint density at radius 2 is 1.81 bits per heavy atom. The van der Waals surface area contributed by atoms with Crippen molar-refractivity contribution in [3.8, 4) is 0 Å². The number of halogens is 1. The quantitative estimate of drug-likeness (QED) is 0.648. The predicted molar refractivity (Wildman–Crippen MR) is 94.7 cm³/mol. The van der Waals surface area contributed by atoms with E-state index in [1.165, 1.54) is 5.56 Å². The van der Waals surface area contributed by atoms with Crippen molar-refractivity contribution in [2.45, 2.75) is 11.5 Å². The summed E-state index contributed by atoms with van der Waals surface area (Å²) in [7, 11) is 0. The van der Waals surface area contributed by atoms with E-state index in [4.69, 9.17) is 5.73 Å². The number of benzene rings is 1. The van der Waals surface area contributed by atoms with Gasteiger partial charge in [-0.3, -0.25) is 0 Å². The summed E-state index contributed by atoms with van der Waals surface area (Å²) < 4.78 is 0.724. The standard InChI is InChI=1S/C12H12BrN3S.C2H4N2/c13-11-6-15-12(14)10(16-11)8-17-7-9-4-2-1-3-5-9;1-3-4-2/h1-6H,7-8H2,(H2,14,15);1-2H2. The zero-order valence-corrected chi connectivity index (χ0v) is 13.8. The van der Waals surface area contributed by atoms with E-state index in [1.807, 2.05) is 18.2 Å². The van der Waals surface area contributed by atoms with Crippen LogP contribution in [-0.2, 0) is 11.5 Å². The molecule has 5 nitrogen and oxygen atoms in total. The van der Waals surface area contributed by atoms with Gasteiger partial charge in [0.05, 0.1) is 11.9 Å². The third kappa shape index (κ3) is 7.01. The highest BCUT2D eigenvalue weighted by Gasteiger charge is 2.03. The van der Waals surface area contributed by atoms with Crippen LogP contribution in [0.25, 0.3) is 0 Å². The molecule has 7 heteroatoms. The van der Waals surface area contributed by atoms with Gasteiger partial charge in [0, 0.05) is 24.9 Å². The summed E-state index contributed by atoms with van der Waals surface area (Å²) in [6.07, 6.45) is 1.61. The summed E-state index contributed by atoms with van der Waals surface area (Å²) in [5.41, 5.74) is 7.90. The first kappa shape index (κ1) is 17.3. The summed E-state index contributed by atoms with van der Waals surface area (Å²) in [4.78, 5) is 8.37. The van der Waals surface area contributed by atoms with Crippen molar-refractivity contribution in [2.24, 2.45) is 10.2 Å². The number of nitrogens with two attached hydrogens (primary N) is 1. The van der Waals surface area contributed by atoms with E-state index in [2.05, 4.69) is 61.7 Å². The Labute approximate surface area is 136 Å². The molecule has 0 atom stereocenters. The van der Waals surface area contributed by atoms with E-state index in [0.29, 0.717) is 5.82 Å². The first-order valence-corrected chi connectivity index (χ1v) is 7.92. The SMILES string of the molecule is C=NN=C.Nc1ncc(Br)nc1CSCc1ccccc1. The number of nitrogen functional groups attached to an aromatic ring is 1. The summed E-state index contributed by atoms with van der Waals surface area (Å²) in [6.45, 7) is 6.00. The Hall–Kier alpha value is -1.73. The normalized spacial score (nSPS) is 9.38. The molecule has 2 aromatic rings. The van der Waals surface area contributed by atoms with Crippen LogP contribution in [0, 0.1) is 0 Å². The van der Waals surface area contributed by atoms with Crippen LogP contribution in [0.1, 0.15) is 11.3 Å². The van der Waals surface area contributed by atoms with Crippen LogP contribution in [0.5, 0.6) is 0 Å². The zero-order valence-electron chi connectivity index (χ0n) is 11.4. The van der Waals surface area contributed by atoms with E-state index in [9.17, 15) is 0 Å². The molecule has 2 rings (SSSR count). The lowest BCUT2D eigenvalue weighted by molar-refractivity contribution is 1.08. The van der Waals surface area contributed by atoms with Gasteiger partial charge in [0.25, 0.3) is 0 Å². The van der Waals surface area contributed by atoms with E-state index in [0.717, 1.165) is 21.8 Å². The molecule has 0 aliphatic heterocycles. The zero-order chi connectivity index (χ0) is 15.5. The lowest BCUT2D eigenvalue weighted by Crippen LogP contribution is -2.00. The fourth-order valence-electron chi connectivity index (χ4n) is 1.36. The maximum absolute atomic E-state index is 5.76. The lowest BCUT2D eigenvalue weighted by Gasteiger charge is -2.04. The lowest BCUT2D eigenvalue weighted by atomic mass is 10.2. The molecule has 0 aliphatic rings. The molecular weight excluding hydrogens is 350 g/mol. The average molecular weight is 366 g/mol. The van der Waals surface area contributed by atoms with Crippen molar-refractivity contribution in [1.29, 1.82) is 0 Å². The van der Waals surface area contributed by atoms with Crippen LogP contribution in [0.3, 0.4) is 0 Å². The fourth-order valence-corrected chi connectivity index (χ4v) is 2.61. The Kier molecular flexibility index (Phi) is 8.30. The van der Waals surface area contributed by atoms with Gasteiger partial charge < -0.3 is 5.73 Å². The van der Waals surface area contributed by atoms with Crippen molar-refractivity contribution < 1.29 is 0 Å². The molecule has 0 aliphatic carbocycles. The number of hydrogen-bond donors (Lipinski definition) is 1. The fraction of sp³-hybridized carbons (Fsp3) is 0.143. The summed E-state index contributed by atoms with van der Waals surface area (Å²) >= 11 is 5.07. The molecule has 2 N–H and O–H groups in total. The van der Waals surface area contributed by atoms with Gasteiger partial charge in [-0.15, -0.1) is 0 Å². The van der Waals surface area contributed by atoms with E-state index < -0.39 is 0 Å². The monoisotopic (exact) mass is 365 g/mol. The molecule has 21 heavy (non-hydrogen) atoms. The minimum absolute atomic E-state index is 0.508. The van der Waals surface area contributed by atoms with Crippen molar-refractivity contribution in [3.63, 3.8) is 0 Å². The van der Waals surface area contributed by atoms with Crippen LogP contribution in [0.15, 0.2) is 51.3 Å². The number of nitrogens with zero attached hydrogens (tertiary/aromatic N) is 4. The van der Waals surface area contributed by atoms with Crippen LogP contribution in [0.2, 0.25) is 0 Å². The van der Waals surface area contributed by atoms with Gasteiger partial charge in [-0.1, -0.05) is 30.3 Å². The Morgan fingerprint density at radius 1 is 1.14 bits per heavy atom. The molecule has 0 radical (unpaired) electrons. The molecule has 110 valence electrons. The molecule has 0 saturated heterocycles. The average Bonchev–Trinajstić information content (AvgIpc) is 2.52. The maximum Gasteiger partial charge on any atom is 0.146 e. The van der Waals surface area contributed by atoms with Crippen molar-refractivity contribution in [3.05, 3.63) is 52.4 Å². The highest BCUT2D eigenvalue weighted by Crippen LogP contribution is 2.20. The summed E-state index contributed by atoms with van der Waals surface area (Å²) in [5.74, 6) is 2.23. The largest absolute Gasteiger partial charge is 0.382 e. The van der Waals surface area contributed by atoms with Crippen molar-refractivity contribution in [1.82, 2.24) is 9.97 Å². The third-order valence-corrected chi connectivity index (χ3v) is 3.70.